The van der Waals surface area contributed by atoms with Crippen molar-refractivity contribution in [2.24, 2.45) is 10.7 Å². The second-order valence-electron chi connectivity index (χ2n) is 7.66. The fourth-order valence-electron chi connectivity index (χ4n) is 3.10. The van der Waals surface area contributed by atoms with Gasteiger partial charge in [0.1, 0.15) is 12.3 Å². The van der Waals surface area contributed by atoms with Crippen molar-refractivity contribution in [3.8, 4) is 5.88 Å². The van der Waals surface area contributed by atoms with Crippen LogP contribution in [0.1, 0.15) is 41.9 Å². The Morgan fingerprint density at radius 1 is 1.33 bits per heavy atom. The number of hydrogen-bond donors (Lipinski definition) is 1. The zero-order valence-corrected chi connectivity index (χ0v) is 17.4. The van der Waals surface area contributed by atoms with Crippen molar-refractivity contribution in [1.29, 1.82) is 0 Å². The van der Waals surface area contributed by atoms with E-state index in [-0.39, 0.29) is 36.2 Å². The zero-order chi connectivity index (χ0) is 21.9. The lowest BCUT2D eigenvalue weighted by atomic mass is 9.86. The fourth-order valence-corrected chi connectivity index (χ4v) is 3.10. The minimum absolute atomic E-state index is 0.101. The number of aliphatic imine (C=N–C) groups is 1. The molecule has 1 atom stereocenters. The summed E-state index contributed by atoms with van der Waals surface area (Å²) in [5.41, 5.74) is 7.87. The molecule has 1 aromatic heterocycles. The van der Waals surface area contributed by atoms with Crippen LogP contribution in [0.5, 0.6) is 5.88 Å². The summed E-state index contributed by atoms with van der Waals surface area (Å²) in [7, 11) is 1.60. The van der Waals surface area contributed by atoms with E-state index in [9.17, 15) is 9.59 Å². The molecule has 2 N–H and O–H groups in total. The molecular formula is C22H25N5O3. The van der Waals surface area contributed by atoms with Gasteiger partial charge in [-0.1, -0.05) is 30.8 Å². The van der Waals surface area contributed by atoms with Crippen molar-refractivity contribution < 1.29 is 14.3 Å². The third kappa shape index (κ3) is 4.71. The number of nitrogens with two attached hydrogens (primary N) is 1. The van der Waals surface area contributed by atoms with Crippen LogP contribution in [0.15, 0.2) is 53.8 Å². The maximum absolute atomic E-state index is 12.6. The Bertz CT molecular complexity index is 1020. The standard InChI is InChI=1S/C22H25N5O3/c1-14(2)13-30-19-12-24-17(11-25-19)18(28)9-15-6-5-7-16(8-15)22(3)10-20(29)27(4)21(23)26-22/h5-8,11-12H,1,9-10,13H2,2-4H3,(H2,23,26). The lowest BCUT2D eigenvalue weighted by molar-refractivity contribution is -0.128. The molecule has 156 valence electrons. The number of hydrogen-bond acceptors (Lipinski definition) is 7. The van der Waals surface area contributed by atoms with Gasteiger partial charge in [-0.15, -0.1) is 0 Å². The van der Waals surface area contributed by atoms with Crippen molar-refractivity contribution in [2.75, 3.05) is 13.7 Å². The molecule has 1 unspecified atom stereocenters. The number of ether oxygens (including phenoxy) is 1. The van der Waals surface area contributed by atoms with E-state index in [1.165, 1.54) is 17.3 Å². The number of rotatable bonds is 7. The molecule has 0 fully saturated rings. The highest BCUT2D eigenvalue weighted by Crippen LogP contribution is 2.33. The molecule has 1 aliphatic heterocycles. The predicted molar refractivity (Wildman–Crippen MR) is 113 cm³/mol. The van der Waals surface area contributed by atoms with Gasteiger partial charge in [0, 0.05) is 13.5 Å². The summed E-state index contributed by atoms with van der Waals surface area (Å²) in [6, 6.07) is 7.46. The average Bonchev–Trinajstić information content (AvgIpc) is 2.71. The highest BCUT2D eigenvalue weighted by atomic mass is 16.5. The van der Waals surface area contributed by atoms with Gasteiger partial charge in [0.25, 0.3) is 0 Å². The topological polar surface area (TPSA) is 111 Å². The highest BCUT2D eigenvalue weighted by Gasteiger charge is 2.36. The minimum atomic E-state index is -0.769. The van der Waals surface area contributed by atoms with Crippen LogP contribution in [-0.4, -0.2) is 46.2 Å². The lowest BCUT2D eigenvalue weighted by Crippen LogP contribution is -2.47. The maximum Gasteiger partial charge on any atom is 0.232 e. The molecule has 8 nitrogen and oxygen atoms in total. The largest absolute Gasteiger partial charge is 0.472 e. The van der Waals surface area contributed by atoms with E-state index in [1.807, 2.05) is 38.1 Å². The van der Waals surface area contributed by atoms with E-state index >= 15 is 0 Å². The molecule has 0 aliphatic carbocycles. The zero-order valence-electron chi connectivity index (χ0n) is 17.4. The van der Waals surface area contributed by atoms with Gasteiger partial charge in [0.15, 0.2) is 11.7 Å². The van der Waals surface area contributed by atoms with Gasteiger partial charge in [0.2, 0.25) is 11.8 Å². The second-order valence-corrected chi connectivity index (χ2v) is 7.66. The van der Waals surface area contributed by atoms with Crippen LogP contribution in [0.25, 0.3) is 0 Å². The first-order valence-electron chi connectivity index (χ1n) is 9.52. The van der Waals surface area contributed by atoms with E-state index in [0.717, 1.165) is 16.7 Å². The summed E-state index contributed by atoms with van der Waals surface area (Å²) in [5.74, 6) is 0.251. The van der Waals surface area contributed by atoms with E-state index in [0.29, 0.717) is 12.5 Å². The summed E-state index contributed by atoms with van der Waals surface area (Å²) < 4.78 is 5.40. The van der Waals surface area contributed by atoms with E-state index in [4.69, 9.17) is 10.5 Å². The first-order valence-corrected chi connectivity index (χ1v) is 9.52. The Balaban J connectivity index is 1.74. The lowest BCUT2D eigenvalue weighted by Gasteiger charge is -2.33. The maximum atomic E-state index is 12.6. The van der Waals surface area contributed by atoms with Crippen LogP contribution >= 0.6 is 0 Å². The Morgan fingerprint density at radius 2 is 2.10 bits per heavy atom. The Labute approximate surface area is 175 Å². The molecule has 1 aromatic carbocycles. The number of Topliss-reactive ketones (excluding diaryl/α,β-unsaturated/α-hetero) is 1. The predicted octanol–water partition coefficient (Wildman–Crippen LogP) is 2.25. The monoisotopic (exact) mass is 407 g/mol. The molecule has 2 aromatic rings. The summed E-state index contributed by atoms with van der Waals surface area (Å²) >= 11 is 0. The van der Waals surface area contributed by atoms with Crippen LogP contribution in [0, 0.1) is 0 Å². The van der Waals surface area contributed by atoms with Gasteiger partial charge in [0.05, 0.1) is 24.4 Å². The number of carbonyl (C=O) groups is 2. The number of carbonyl (C=O) groups excluding carboxylic acids is 2. The van der Waals surface area contributed by atoms with Crippen molar-refractivity contribution in [2.45, 2.75) is 32.2 Å². The Morgan fingerprint density at radius 3 is 2.73 bits per heavy atom. The highest BCUT2D eigenvalue weighted by molar-refractivity contribution is 5.99. The number of amides is 1. The summed E-state index contributed by atoms with van der Waals surface area (Å²) in [5, 5.41) is 0. The first-order chi connectivity index (χ1) is 14.2. The SMILES string of the molecule is C=C(C)COc1cnc(C(=O)Cc2cccc(C3(C)CC(=O)N(C)C(N)=N3)c2)cn1. The number of nitrogens with zero attached hydrogens (tertiary/aromatic N) is 4. The summed E-state index contributed by atoms with van der Waals surface area (Å²) in [6.45, 7) is 7.81. The van der Waals surface area contributed by atoms with Gasteiger partial charge < -0.3 is 10.5 Å². The van der Waals surface area contributed by atoms with Crippen LogP contribution < -0.4 is 10.5 Å². The molecule has 2 heterocycles. The van der Waals surface area contributed by atoms with Crippen molar-refractivity contribution in [3.05, 3.63) is 65.6 Å². The van der Waals surface area contributed by atoms with Crippen molar-refractivity contribution >= 4 is 17.6 Å². The quantitative estimate of drug-likeness (QED) is 0.557. The molecule has 0 bridgehead atoms. The number of guanidine groups is 1. The Kier molecular flexibility index (Phi) is 5.96. The summed E-state index contributed by atoms with van der Waals surface area (Å²) in [4.78, 5) is 39.0. The van der Waals surface area contributed by atoms with Gasteiger partial charge in [-0.25, -0.2) is 15.0 Å². The molecule has 30 heavy (non-hydrogen) atoms. The third-order valence-electron chi connectivity index (χ3n) is 4.87. The average molecular weight is 407 g/mol. The molecule has 3 rings (SSSR count). The van der Waals surface area contributed by atoms with E-state index in [2.05, 4.69) is 21.5 Å². The minimum Gasteiger partial charge on any atom is -0.472 e. The number of benzene rings is 1. The van der Waals surface area contributed by atoms with Crippen LogP contribution in [0.2, 0.25) is 0 Å². The molecule has 0 spiro atoms. The molecular weight excluding hydrogens is 382 g/mol. The van der Waals surface area contributed by atoms with Crippen molar-refractivity contribution in [3.63, 3.8) is 0 Å². The number of ketones is 1. The van der Waals surface area contributed by atoms with Crippen LogP contribution in [0.4, 0.5) is 0 Å². The van der Waals surface area contributed by atoms with Gasteiger partial charge in [-0.2, -0.15) is 0 Å². The second kappa shape index (κ2) is 8.44. The van der Waals surface area contributed by atoms with Gasteiger partial charge in [-0.3, -0.25) is 14.5 Å². The summed E-state index contributed by atoms with van der Waals surface area (Å²) in [6.07, 6.45) is 3.19. The molecule has 0 saturated carbocycles. The molecule has 0 radical (unpaired) electrons. The Hall–Kier alpha value is -3.55. The normalized spacial score (nSPS) is 18.7. The van der Waals surface area contributed by atoms with Crippen LogP contribution in [-0.2, 0) is 16.8 Å². The molecule has 1 aliphatic rings. The first kappa shape index (κ1) is 21.2. The van der Waals surface area contributed by atoms with Crippen LogP contribution in [0.3, 0.4) is 0 Å². The van der Waals surface area contributed by atoms with E-state index < -0.39 is 5.54 Å². The third-order valence-corrected chi connectivity index (χ3v) is 4.87. The molecule has 8 heteroatoms. The molecule has 0 saturated heterocycles. The van der Waals surface area contributed by atoms with Crippen molar-refractivity contribution in [1.82, 2.24) is 14.9 Å². The van der Waals surface area contributed by atoms with E-state index in [1.54, 1.807) is 7.05 Å². The molecule has 1 amide bonds. The number of aromatic nitrogens is 2. The fraction of sp³-hybridized carbons (Fsp3) is 0.318. The van der Waals surface area contributed by atoms with Gasteiger partial charge >= 0.3 is 0 Å². The van der Waals surface area contributed by atoms with Gasteiger partial charge in [-0.05, 0) is 30.5 Å². The smallest absolute Gasteiger partial charge is 0.232 e.